The number of aromatic carboxylic acids is 1. The van der Waals surface area contributed by atoms with E-state index in [1.807, 2.05) is 22.8 Å². The number of hydrogen-bond acceptors (Lipinski definition) is 4. The van der Waals surface area contributed by atoms with Crippen LogP contribution in [0.3, 0.4) is 0 Å². The third-order valence-corrected chi connectivity index (χ3v) is 3.35. The molecule has 19 heavy (non-hydrogen) atoms. The Balaban J connectivity index is 2.23. The van der Waals surface area contributed by atoms with Gasteiger partial charge in [-0.1, -0.05) is 6.07 Å². The maximum atomic E-state index is 11.3. The van der Waals surface area contributed by atoms with E-state index in [1.54, 1.807) is 6.20 Å². The van der Waals surface area contributed by atoms with Crippen molar-refractivity contribution in [1.29, 1.82) is 0 Å². The quantitative estimate of drug-likeness (QED) is 0.850. The molecule has 6 heteroatoms. The first kappa shape index (κ1) is 11.9. The van der Waals surface area contributed by atoms with Gasteiger partial charge in [0.2, 0.25) is 0 Å². The summed E-state index contributed by atoms with van der Waals surface area (Å²) in [6, 6.07) is 5.46. The molecule has 0 amide bonds. The Kier molecular flexibility index (Phi) is 2.79. The van der Waals surface area contributed by atoms with Crippen LogP contribution in [0.5, 0.6) is 0 Å². The van der Waals surface area contributed by atoms with Gasteiger partial charge in [-0.25, -0.2) is 9.78 Å². The number of fused-ring (bicyclic) bond motifs is 1. The van der Waals surface area contributed by atoms with Gasteiger partial charge in [0.05, 0.1) is 11.9 Å². The molecule has 1 atom stereocenters. The molecule has 3 heterocycles. The average molecular weight is 258 g/mol. The molecule has 2 aromatic heterocycles. The van der Waals surface area contributed by atoms with Crippen molar-refractivity contribution in [3.05, 3.63) is 35.8 Å². The summed E-state index contributed by atoms with van der Waals surface area (Å²) in [5.41, 5.74) is 7.54. The summed E-state index contributed by atoms with van der Waals surface area (Å²) in [6.45, 7) is 0. The number of hydrogen-bond donors (Lipinski definition) is 2. The second-order valence-electron chi connectivity index (χ2n) is 4.58. The molecule has 0 aliphatic carbocycles. The topological polar surface area (TPSA) is 94.0 Å². The zero-order chi connectivity index (χ0) is 13.4. The van der Waals surface area contributed by atoms with Gasteiger partial charge in [-0.15, -0.1) is 0 Å². The molecule has 1 unspecified atom stereocenters. The van der Waals surface area contributed by atoms with Crippen molar-refractivity contribution in [2.24, 2.45) is 5.73 Å². The van der Waals surface area contributed by atoms with Crippen molar-refractivity contribution in [1.82, 2.24) is 14.5 Å². The van der Waals surface area contributed by atoms with Crippen LogP contribution < -0.4 is 5.73 Å². The van der Waals surface area contributed by atoms with Gasteiger partial charge >= 0.3 is 5.97 Å². The predicted octanol–water partition coefficient (Wildman–Crippen LogP) is 1.44. The lowest BCUT2D eigenvalue weighted by molar-refractivity contribution is 0.0689. The number of nitrogens with two attached hydrogens (primary N) is 1. The fourth-order valence-corrected chi connectivity index (χ4v) is 2.52. The highest BCUT2D eigenvalue weighted by atomic mass is 16.4. The van der Waals surface area contributed by atoms with Gasteiger partial charge in [0.15, 0.2) is 11.5 Å². The van der Waals surface area contributed by atoms with Crippen LogP contribution in [0.4, 0.5) is 0 Å². The van der Waals surface area contributed by atoms with Gasteiger partial charge in [-0.05, 0) is 31.4 Å². The minimum atomic E-state index is -1.01. The summed E-state index contributed by atoms with van der Waals surface area (Å²) in [6.07, 6.45) is 3.82. The third-order valence-electron chi connectivity index (χ3n) is 3.35. The second-order valence-corrected chi connectivity index (χ2v) is 4.58. The van der Waals surface area contributed by atoms with Crippen molar-refractivity contribution in [2.45, 2.75) is 25.4 Å². The molecule has 0 saturated heterocycles. The van der Waals surface area contributed by atoms with E-state index in [9.17, 15) is 9.90 Å². The summed E-state index contributed by atoms with van der Waals surface area (Å²) in [7, 11) is 0. The van der Waals surface area contributed by atoms with Crippen molar-refractivity contribution in [3.8, 4) is 11.5 Å². The van der Waals surface area contributed by atoms with Crippen LogP contribution in [0.15, 0.2) is 24.4 Å². The Morgan fingerprint density at radius 1 is 1.47 bits per heavy atom. The smallest absolute Gasteiger partial charge is 0.356 e. The van der Waals surface area contributed by atoms with Gasteiger partial charge in [-0.3, -0.25) is 4.98 Å². The monoisotopic (exact) mass is 258 g/mol. The number of rotatable bonds is 2. The van der Waals surface area contributed by atoms with Gasteiger partial charge in [0, 0.05) is 6.20 Å². The molecule has 0 radical (unpaired) electrons. The van der Waals surface area contributed by atoms with Crippen LogP contribution in [-0.4, -0.2) is 25.6 Å². The fourth-order valence-electron chi connectivity index (χ4n) is 2.52. The molecule has 1 aliphatic heterocycles. The number of carboxylic acid groups (broad SMARTS) is 1. The largest absolute Gasteiger partial charge is 0.476 e. The second kappa shape index (κ2) is 4.47. The summed E-state index contributed by atoms with van der Waals surface area (Å²) < 4.78 is 1.81. The van der Waals surface area contributed by atoms with Crippen molar-refractivity contribution in [3.63, 3.8) is 0 Å². The lowest BCUT2D eigenvalue weighted by Gasteiger charge is -2.23. The standard InChI is InChI=1S/C13H14N4O2/c14-10-6-3-5-9-11(13(18)19)16-12(17(9)10)8-4-1-2-7-15-8/h1-2,4,7,10H,3,5-6,14H2,(H,18,19). The molecule has 3 N–H and O–H groups in total. The Labute approximate surface area is 109 Å². The van der Waals surface area contributed by atoms with Gasteiger partial charge in [0.1, 0.15) is 5.69 Å². The Hall–Kier alpha value is -2.21. The van der Waals surface area contributed by atoms with E-state index in [-0.39, 0.29) is 11.9 Å². The minimum absolute atomic E-state index is 0.0933. The number of imidazole rings is 1. The van der Waals surface area contributed by atoms with E-state index in [0.29, 0.717) is 23.6 Å². The molecular weight excluding hydrogens is 244 g/mol. The molecule has 0 aromatic carbocycles. The van der Waals surface area contributed by atoms with Crippen molar-refractivity contribution < 1.29 is 9.90 Å². The van der Waals surface area contributed by atoms with E-state index in [1.165, 1.54) is 0 Å². The first-order valence-corrected chi connectivity index (χ1v) is 6.20. The summed E-state index contributed by atoms with van der Waals surface area (Å²) >= 11 is 0. The molecule has 0 bridgehead atoms. The molecule has 2 aromatic rings. The van der Waals surface area contributed by atoms with E-state index in [4.69, 9.17) is 5.73 Å². The molecule has 3 rings (SSSR count). The first-order valence-electron chi connectivity index (χ1n) is 6.20. The number of nitrogens with zero attached hydrogens (tertiary/aromatic N) is 3. The predicted molar refractivity (Wildman–Crippen MR) is 68.6 cm³/mol. The van der Waals surface area contributed by atoms with Crippen molar-refractivity contribution >= 4 is 5.97 Å². The molecule has 6 nitrogen and oxygen atoms in total. The van der Waals surface area contributed by atoms with Crippen LogP contribution >= 0.6 is 0 Å². The maximum absolute atomic E-state index is 11.3. The van der Waals surface area contributed by atoms with E-state index in [0.717, 1.165) is 12.8 Å². The highest BCUT2D eigenvalue weighted by Crippen LogP contribution is 2.30. The van der Waals surface area contributed by atoms with Crippen LogP contribution in [0.1, 0.15) is 35.2 Å². The molecule has 0 fully saturated rings. The minimum Gasteiger partial charge on any atom is -0.476 e. The summed E-state index contributed by atoms with van der Waals surface area (Å²) in [5.74, 6) is -0.472. The Bertz CT molecular complexity index is 621. The van der Waals surface area contributed by atoms with Crippen LogP contribution in [0.2, 0.25) is 0 Å². The zero-order valence-corrected chi connectivity index (χ0v) is 10.3. The Morgan fingerprint density at radius 3 is 3.00 bits per heavy atom. The zero-order valence-electron chi connectivity index (χ0n) is 10.3. The van der Waals surface area contributed by atoms with E-state index >= 15 is 0 Å². The Morgan fingerprint density at radius 2 is 2.32 bits per heavy atom. The third kappa shape index (κ3) is 1.90. The molecule has 98 valence electrons. The molecular formula is C13H14N4O2. The fraction of sp³-hybridized carbons (Fsp3) is 0.308. The maximum Gasteiger partial charge on any atom is 0.356 e. The van der Waals surface area contributed by atoms with Crippen molar-refractivity contribution in [2.75, 3.05) is 0 Å². The van der Waals surface area contributed by atoms with E-state index in [2.05, 4.69) is 9.97 Å². The molecule has 1 aliphatic rings. The molecule has 0 saturated carbocycles. The number of carbonyl (C=O) groups is 1. The lowest BCUT2D eigenvalue weighted by atomic mass is 10.1. The van der Waals surface area contributed by atoms with Crippen LogP contribution in [0, 0.1) is 0 Å². The number of pyridine rings is 1. The number of aromatic nitrogens is 3. The normalized spacial score (nSPS) is 18.1. The SMILES string of the molecule is NC1CCCc2c(C(=O)O)nc(-c3ccccn3)n21. The molecule has 0 spiro atoms. The van der Waals surface area contributed by atoms with Crippen LogP contribution in [-0.2, 0) is 6.42 Å². The van der Waals surface area contributed by atoms with Gasteiger partial charge in [-0.2, -0.15) is 0 Å². The van der Waals surface area contributed by atoms with Gasteiger partial charge in [0.25, 0.3) is 0 Å². The summed E-state index contributed by atoms with van der Waals surface area (Å²) in [5, 5.41) is 9.25. The van der Waals surface area contributed by atoms with E-state index < -0.39 is 5.97 Å². The highest BCUT2D eigenvalue weighted by molar-refractivity contribution is 5.87. The average Bonchev–Trinajstić information content (AvgIpc) is 2.81. The first-order chi connectivity index (χ1) is 9.18. The highest BCUT2D eigenvalue weighted by Gasteiger charge is 2.28. The number of carboxylic acids is 1. The summed E-state index contributed by atoms with van der Waals surface area (Å²) in [4.78, 5) is 19.8. The van der Waals surface area contributed by atoms with Gasteiger partial charge < -0.3 is 15.4 Å². The van der Waals surface area contributed by atoms with Crippen LogP contribution in [0.25, 0.3) is 11.5 Å². The lowest BCUT2D eigenvalue weighted by Crippen LogP contribution is -2.26.